The van der Waals surface area contributed by atoms with Gasteiger partial charge >= 0.3 is 0 Å². The van der Waals surface area contributed by atoms with E-state index < -0.39 is 9.84 Å². The van der Waals surface area contributed by atoms with Crippen LogP contribution in [0.3, 0.4) is 0 Å². The van der Waals surface area contributed by atoms with E-state index in [1.807, 2.05) is 6.92 Å². The molecule has 0 aliphatic rings. The van der Waals surface area contributed by atoms with E-state index in [0.29, 0.717) is 6.54 Å². The van der Waals surface area contributed by atoms with Crippen molar-refractivity contribution in [3.63, 3.8) is 0 Å². The van der Waals surface area contributed by atoms with Crippen LogP contribution in [0.1, 0.15) is 34.1 Å². The Morgan fingerprint density at radius 3 is 2.29 bits per heavy atom. The topological polar surface area (TPSA) is 75.3 Å². The highest BCUT2D eigenvalue weighted by Gasteiger charge is 2.18. The van der Waals surface area contributed by atoms with Crippen LogP contribution < -0.4 is 10.6 Å². The summed E-state index contributed by atoms with van der Waals surface area (Å²) in [7, 11) is -3.00. The molecule has 17 heavy (non-hydrogen) atoms. The van der Waals surface area contributed by atoms with Gasteiger partial charge in [0, 0.05) is 18.3 Å². The number of rotatable bonds is 8. The van der Waals surface area contributed by atoms with Crippen LogP contribution in [0.25, 0.3) is 0 Å². The normalized spacial score (nSPS) is 15.3. The lowest BCUT2D eigenvalue weighted by atomic mass is 10.2. The van der Waals surface area contributed by atoms with Gasteiger partial charge in [-0.05, 0) is 20.3 Å². The van der Waals surface area contributed by atoms with Crippen molar-refractivity contribution in [1.82, 2.24) is 10.6 Å². The van der Waals surface area contributed by atoms with Gasteiger partial charge in [0.1, 0.15) is 0 Å². The molecule has 1 amide bonds. The zero-order valence-corrected chi connectivity index (χ0v) is 11.9. The van der Waals surface area contributed by atoms with Crippen molar-refractivity contribution in [2.75, 3.05) is 18.1 Å². The van der Waals surface area contributed by atoms with Crippen molar-refractivity contribution in [3.8, 4) is 0 Å². The minimum atomic E-state index is -3.00. The summed E-state index contributed by atoms with van der Waals surface area (Å²) in [5.74, 6) is 0.109. The molecule has 0 aliphatic carbocycles. The first-order chi connectivity index (χ1) is 7.82. The highest BCUT2D eigenvalue weighted by Crippen LogP contribution is 1.96. The van der Waals surface area contributed by atoms with E-state index in [1.54, 1.807) is 20.8 Å². The Hall–Kier alpha value is -0.620. The van der Waals surface area contributed by atoms with E-state index in [2.05, 4.69) is 10.6 Å². The Morgan fingerprint density at radius 1 is 1.24 bits per heavy atom. The molecule has 0 saturated heterocycles. The maximum Gasteiger partial charge on any atom is 0.236 e. The molecule has 6 heteroatoms. The fraction of sp³-hybridized carbons (Fsp3) is 0.909. The molecule has 0 saturated carbocycles. The second-order valence-corrected chi connectivity index (χ2v) is 6.68. The lowest BCUT2D eigenvalue weighted by Gasteiger charge is -2.19. The number of amides is 1. The van der Waals surface area contributed by atoms with Crippen LogP contribution in [0.15, 0.2) is 0 Å². The summed E-state index contributed by atoms with van der Waals surface area (Å²) in [4.78, 5) is 11.5. The van der Waals surface area contributed by atoms with E-state index >= 15 is 0 Å². The molecule has 2 unspecified atom stereocenters. The number of nitrogens with one attached hydrogen (secondary N) is 2. The third-order valence-corrected chi connectivity index (χ3v) is 4.31. The van der Waals surface area contributed by atoms with E-state index in [4.69, 9.17) is 0 Å². The van der Waals surface area contributed by atoms with Gasteiger partial charge in [-0.25, -0.2) is 8.42 Å². The van der Waals surface area contributed by atoms with E-state index in [9.17, 15) is 13.2 Å². The molecule has 0 aliphatic heterocycles. The molecule has 0 fully saturated rings. The summed E-state index contributed by atoms with van der Waals surface area (Å²) in [6.45, 7) is 7.76. The van der Waals surface area contributed by atoms with Gasteiger partial charge in [-0.15, -0.1) is 0 Å². The maximum absolute atomic E-state index is 11.5. The molecule has 2 N–H and O–H groups in total. The molecule has 0 aromatic rings. The number of sulfone groups is 1. The van der Waals surface area contributed by atoms with Crippen LogP contribution in [-0.4, -0.2) is 44.5 Å². The predicted molar refractivity (Wildman–Crippen MR) is 69.7 cm³/mol. The molecule has 102 valence electrons. The largest absolute Gasteiger partial charge is 0.355 e. The van der Waals surface area contributed by atoms with Crippen molar-refractivity contribution in [1.29, 1.82) is 0 Å². The molecule has 0 rings (SSSR count). The highest BCUT2D eigenvalue weighted by atomic mass is 32.2. The van der Waals surface area contributed by atoms with Gasteiger partial charge < -0.3 is 10.6 Å². The minimum absolute atomic E-state index is 0.0644. The number of carbonyl (C=O) groups excluding carboxylic acids is 1. The summed E-state index contributed by atoms with van der Waals surface area (Å²) in [5.41, 5.74) is 0. The van der Waals surface area contributed by atoms with Crippen LogP contribution in [-0.2, 0) is 14.6 Å². The van der Waals surface area contributed by atoms with E-state index in [0.717, 1.165) is 6.42 Å². The number of hydrogen-bond acceptors (Lipinski definition) is 4. The number of hydrogen-bond donors (Lipinski definition) is 2. The van der Waals surface area contributed by atoms with Crippen molar-refractivity contribution >= 4 is 15.7 Å². The van der Waals surface area contributed by atoms with Gasteiger partial charge in [0.2, 0.25) is 5.91 Å². The quantitative estimate of drug-likeness (QED) is 0.662. The van der Waals surface area contributed by atoms with Crippen molar-refractivity contribution in [2.45, 2.75) is 46.2 Å². The third kappa shape index (κ3) is 7.33. The minimum Gasteiger partial charge on any atom is -0.355 e. The second kappa shape index (κ2) is 7.66. The highest BCUT2D eigenvalue weighted by molar-refractivity contribution is 7.91. The summed E-state index contributed by atoms with van der Waals surface area (Å²) >= 11 is 0. The molecule has 0 aromatic heterocycles. The fourth-order valence-corrected chi connectivity index (χ4v) is 2.54. The summed E-state index contributed by atoms with van der Waals surface area (Å²) in [6.07, 6.45) is 0.887. The lowest BCUT2D eigenvalue weighted by molar-refractivity contribution is -0.122. The Kier molecular flexibility index (Phi) is 7.38. The number of carbonyl (C=O) groups is 1. The molecule has 2 atom stereocenters. The zero-order chi connectivity index (χ0) is 13.5. The second-order valence-electron chi connectivity index (χ2n) is 4.28. The molecule has 0 radical (unpaired) electrons. The maximum atomic E-state index is 11.5. The molecule has 0 spiro atoms. The Balaban J connectivity index is 4.11. The van der Waals surface area contributed by atoms with Gasteiger partial charge in [-0.1, -0.05) is 13.8 Å². The van der Waals surface area contributed by atoms with Gasteiger partial charge in [-0.2, -0.15) is 0 Å². The molecule has 0 heterocycles. The molecular weight excluding hydrogens is 240 g/mol. The van der Waals surface area contributed by atoms with E-state index in [1.165, 1.54) is 0 Å². The van der Waals surface area contributed by atoms with E-state index in [-0.39, 0.29) is 29.5 Å². The first-order valence-corrected chi connectivity index (χ1v) is 7.88. The smallest absolute Gasteiger partial charge is 0.236 e. The average molecular weight is 264 g/mol. The lowest BCUT2D eigenvalue weighted by Crippen LogP contribution is -2.47. The Bertz CT molecular complexity index is 328. The van der Waals surface area contributed by atoms with Crippen LogP contribution in [0.5, 0.6) is 0 Å². The average Bonchev–Trinajstić information content (AvgIpc) is 2.24. The first kappa shape index (κ1) is 16.4. The van der Waals surface area contributed by atoms with Gasteiger partial charge in [0.15, 0.2) is 9.84 Å². The Morgan fingerprint density at radius 2 is 1.82 bits per heavy atom. The summed E-state index contributed by atoms with van der Waals surface area (Å²) < 4.78 is 22.8. The van der Waals surface area contributed by atoms with Gasteiger partial charge in [0.25, 0.3) is 0 Å². The van der Waals surface area contributed by atoms with Gasteiger partial charge in [0.05, 0.1) is 11.8 Å². The van der Waals surface area contributed by atoms with Crippen LogP contribution in [0.2, 0.25) is 0 Å². The van der Waals surface area contributed by atoms with Crippen molar-refractivity contribution in [3.05, 3.63) is 0 Å². The Labute approximate surface area is 104 Å². The first-order valence-electron chi connectivity index (χ1n) is 6.06. The van der Waals surface area contributed by atoms with Crippen molar-refractivity contribution < 1.29 is 13.2 Å². The van der Waals surface area contributed by atoms with Crippen LogP contribution in [0.4, 0.5) is 0 Å². The molecular formula is C11H24N2O3S. The van der Waals surface area contributed by atoms with Crippen molar-refractivity contribution in [2.24, 2.45) is 0 Å². The summed E-state index contributed by atoms with van der Waals surface area (Å²) in [5, 5.41) is 5.75. The predicted octanol–water partition coefficient (Wildman–Crippen LogP) is 0.314. The molecule has 0 aromatic carbocycles. The SMILES string of the molecule is CCCNC(=O)C(C)NC(C)CS(=O)(=O)CC. The standard InChI is InChI=1S/C11H24N2O3S/c1-5-7-12-11(14)10(4)13-9(3)8-17(15,16)6-2/h9-10,13H,5-8H2,1-4H3,(H,12,14). The third-order valence-electron chi connectivity index (χ3n) is 2.42. The van der Waals surface area contributed by atoms with Crippen LogP contribution >= 0.6 is 0 Å². The molecule has 0 bridgehead atoms. The monoisotopic (exact) mass is 264 g/mol. The summed E-state index contributed by atoms with van der Waals surface area (Å²) in [6, 6.07) is -0.592. The van der Waals surface area contributed by atoms with Gasteiger partial charge in [-0.3, -0.25) is 4.79 Å². The fourth-order valence-electron chi connectivity index (χ4n) is 1.45. The molecule has 5 nitrogen and oxygen atoms in total. The van der Waals surface area contributed by atoms with Crippen LogP contribution in [0, 0.1) is 0 Å². The zero-order valence-electron chi connectivity index (χ0n) is 11.1.